The molecule has 1 aromatic heterocycles. The van der Waals surface area contributed by atoms with Crippen molar-refractivity contribution in [1.29, 1.82) is 0 Å². The standard InChI is InChI=1S/C15H16BrNO3/c1-3-8-17-12(6-7-13(17)15(18)19)10-4-5-11(16)14(9-10)20-2/h4-7,9H,3,8H2,1-2H3,(H,18,19). The summed E-state index contributed by atoms with van der Waals surface area (Å²) in [5, 5.41) is 9.24. The van der Waals surface area contributed by atoms with Gasteiger partial charge in [0, 0.05) is 17.8 Å². The molecule has 4 nitrogen and oxygen atoms in total. The summed E-state index contributed by atoms with van der Waals surface area (Å²) in [5.74, 6) is -0.183. The van der Waals surface area contributed by atoms with E-state index >= 15 is 0 Å². The number of hydrogen-bond donors (Lipinski definition) is 1. The number of methoxy groups -OCH3 is 1. The van der Waals surface area contributed by atoms with Crippen LogP contribution in [0.15, 0.2) is 34.8 Å². The van der Waals surface area contributed by atoms with Crippen LogP contribution in [0.5, 0.6) is 5.75 Å². The molecule has 0 radical (unpaired) electrons. The van der Waals surface area contributed by atoms with Crippen molar-refractivity contribution in [3.63, 3.8) is 0 Å². The Labute approximate surface area is 126 Å². The summed E-state index contributed by atoms with van der Waals surface area (Å²) >= 11 is 3.41. The third kappa shape index (κ3) is 2.72. The summed E-state index contributed by atoms with van der Waals surface area (Å²) < 4.78 is 7.98. The van der Waals surface area contributed by atoms with E-state index in [0.29, 0.717) is 12.2 Å². The zero-order chi connectivity index (χ0) is 14.7. The van der Waals surface area contributed by atoms with Crippen LogP contribution >= 0.6 is 15.9 Å². The summed E-state index contributed by atoms with van der Waals surface area (Å²) in [5.41, 5.74) is 2.13. The van der Waals surface area contributed by atoms with Gasteiger partial charge in [-0.3, -0.25) is 0 Å². The molecule has 0 amide bonds. The predicted molar refractivity (Wildman–Crippen MR) is 81.4 cm³/mol. The number of carboxylic acid groups (broad SMARTS) is 1. The molecule has 1 N–H and O–H groups in total. The Morgan fingerprint density at radius 1 is 1.35 bits per heavy atom. The van der Waals surface area contributed by atoms with Crippen molar-refractivity contribution in [3.8, 4) is 17.0 Å². The quantitative estimate of drug-likeness (QED) is 0.895. The van der Waals surface area contributed by atoms with Crippen LogP contribution in [-0.2, 0) is 6.54 Å². The van der Waals surface area contributed by atoms with Gasteiger partial charge in [-0.05, 0) is 46.6 Å². The van der Waals surface area contributed by atoms with Gasteiger partial charge in [0.25, 0.3) is 0 Å². The summed E-state index contributed by atoms with van der Waals surface area (Å²) in [6.45, 7) is 2.69. The van der Waals surface area contributed by atoms with Crippen LogP contribution in [0.3, 0.4) is 0 Å². The molecule has 0 spiro atoms. The van der Waals surface area contributed by atoms with Crippen LogP contribution in [0.25, 0.3) is 11.3 Å². The lowest BCUT2D eigenvalue weighted by molar-refractivity contribution is 0.0685. The van der Waals surface area contributed by atoms with Crippen molar-refractivity contribution < 1.29 is 14.6 Å². The van der Waals surface area contributed by atoms with Gasteiger partial charge in [0.2, 0.25) is 0 Å². The fourth-order valence-corrected chi connectivity index (χ4v) is 2.60. The molecule has 0 aliphatic rings. The molecule has 2 aromatic rings. The topological polar surface area (TPSA) is 51.5 Å². The van der Waals surface area contributed by atoms with Crippen molar-refractivity contribution in [2.24, 2.45) is 0 Å². The molecule has 20 heavy (non-hydrogen) atoms. The second kappa shape index (κ2) is 6.13. The molecular weight excluding hydrogens is 322 g/mol. The van der Waals surface area contributed by atoms with E-state index in [1.54, 1.807) is 13.2 Å². The highest BCUT2D eigenvalue weighted by Crippen LogP contribution is 2.31. The SMILES string of the molecule is CCCn1c(C(=O)O)ccc1-c1ccc(Br)c(OC)c1. The monoisotopic (exact) mass is 337 g/mol. The van der Waals surface area contributed by atoms with Crippen molar-refractivity contribution >= 4 is 21.9 Å². The van der Waals surface area contributed by atoms with Gasteiger partial charge in [0.1, 0.15) is 11.4 Å². The van der Waals surface area contributed by atoms with Crippen LogP contribution in [0.4, 0.5) is 0 Å². The number of aromatic carboxylic acids is 1. The molecule has 2 rings (SSSR count). The van der Waals surface area contributed by atoms with E-state index in [9.17, 15) is 9.90 Å². The zero-order valence-corrected chi connectivity index (χ0v) is 13.0. The number of nitrogens with zero attached hydrogens (tertiary/aromatic N) is 1. The Morgan fingerprint density at radius 3 is 2.70 bits per heavy atom. The highest BCUT2D eigenvalue weighted by atomic mass is 79.9. The predicted octanol–water partition coefficient (Wildman–Crippen LogP) is 4.03. The Bertz CT molecular complexity index is 634. The van der Waals surface area contributed by atoms with Crippen molar-refractivity contribution in [2.75, 3.05) is 7.11 Å². The lowest BCUT2D eigenvalue weighted by Gasteiger charge is -2.12. The summed E-state index contributed by atoms with van der Waals surface area (Å²) in [7, 11) is 1.61. The van der Waals surface area contributed by atoms with E-state index in [1.807, 2.05) is 35.8 Å². The molecule has 1 heterocycles. The average molecular weight is 338 g/mol. The van der Waals surface area contributed by atoms with Crippen LogP contribution in [0.2, 0.25) is 0 Å². The van der Waals surface area contributed by atoms with Crippen LogP contribution in [0, 0.1) is 0 Å². The van der Waals surface area contributed by atoms with E-state index in [-0.39, 0.29) is 0 Å². The first-order valence-electron chi connectivity index (χ1n) is 6.35. The minimum Gasteiger partial charge on any atom is -0.496 e. The number of aromatic nitrogens is 1. The largest absolute Gasteiger partial charge is 0.496 e. The van der Waals surface area contributed by atoms with Gasteiger partial charge < -0.3 is 14.4 Å². The van der Waals surface area contributed by atoms with Crippen molar-refractivity contribution in [2.45, 2.75) is 19.9 Å². The highest BCUT2D eigenvalue weighted by molar-refractivity contribution is 9.10. The molecule has 0 saturated carbocycles. The number of benzene rings is 1. The molecule has 0 fully saturated rings. The minimum absolute atomic E-state index is 0.309. The van der Waals surface area contributed by atoms with Gasteiger partial charge >= 0.3 is 5.97 Å². The lowest BCUT2D eigenvalue weighted by Crippen LogP contribution is -2.09. The zero-order valence-electron chi connectivity index (χ0n) is 11.4. The molecule has 0 unspecified atom stereocenters. The minimum atomic E-state index is -0.909. The first kappa shape index (κ1) is 14.7. The third-order valence-corrected chi connectivity index (χ3v) is 3.75. The second-order valence-corrected chi connectivity index (χ2v) is 5.26. The average Bonchev–Trinajstić information content (AvgIpc) is 2.84. The fraction of sp³-hybridized carbons (Fsp3) is 0.267. The molecule has 106 valence electrons. The number of rotatable bonds is 5. The molecule has 0 saturated heterocycles. The summed E-state index contributed by atoms with van der Waals surface area (Å²) in [6.07, 6.45) is 0.871. The maximum atomic E-state index is 11.3. The van der Waals surface area contributed by atoms with Gasteiger partial charge in [-0.2, -0.15) is 0 Å². The highest BCUT2D eigenvalue weighted by Gasteiger charge is 2.15. The Hall–Kier alpha value is -1.75. The van der Waals surface area contributed by atoms with Crippen LogP contribution in [-0.4, -0.2) is 22.8 Å². The van der Waals surface area contributed by atoms with E-state index in [1.165, 1.54) is 0 Å². The number of carbonyl (C=O) groups is 1. The smallest absolute Gasteiger partial charge is 0.352 e. The number of hydrogen-bond acceptors (Lipinski definition) is 2. The van der Waals surface area contributed by atoms with E-state index < -0.39 is 5.97 Å². The molecule has 0 aliphatic heterocycles. The van der Waals surface area contributed by atoms with E-state index in [0.717, 1.165) is 27.9 Å². The third-order valence-electron chi connectivity index (χ3n) is 3.09. The molecule has 5 heteroatoms. The van der Waals surface area contributed by atoms with Crippen LogP contribution < -0.4 is 4.74 Å². The summed E-state index contributed by atoms with van der Waals surface area (Å²) in [4.78, 5) is 11.3. The summed E-state index contributed by atoms with van der Waals surface area (Å²) in [6, 6.07) is 9.22. The number of ether oxygens (including phenoxy) is 1. The molecule has 0 aliphatic carbocycles. The fourth-order valence-electron chi connectivity index (χ4n) is 2.19. The van der Waals surface area contributed by atoms with Gasteiger partial charge in [-0.15, -0.1) is 0 Å². The normalized spacial score (nSPS) is 10.6. The Balaban J connectivity index is 2.54. The Kier molecular flexibility index (Phi) is 4.49. The number of carboxylic acids is 1. The second-order valence-electron chi connectivity index (χ2n) is 4.41. The van der Waals surface area contributed by atoms with Crippen LogP contribution in [0.1, 0.15) is 23.8 Å². The van der Waals surface area contributed by atoms with Crippen molar-refractivity contribution in [1.82, 2.24) is 4.57 Å². The Morgan fingerprint density at radius 2 is 2.10 bits per heavy atom. The lowest BCUT2D eigenvalue weighted by atomic mass is 10.1. The molecule has 1 aromatic carbocycles. The van der Waals surface area contributed by atoms with E-state index in [4.69, 9.17) is 4.74 Å². The molecule has 0 atom stereocenters. The van der Waals surface area contributed by atoms with Gasteiger partial charge in [0.15, 0.2) is 0 Å². The molecule has 0 bridgehead atoms. The molecular formula is C15H16BrNO3. The maximum Gasteiger partial charge on any atom is 0.352 e. The van der Waals surface area contributed by atoms with Crippen molar-refractivity contribution in [3.05, 3.63) is 40.5 Å². The van der Waals surface area contributed by atoms with Gasteiger partial charge in [0.05, 0.1) is 11.6 Å². The van der Waals surface area contributed by atoms with Gasteiger partial charge in [-0.25, -0.2) is 4.79 Å². The first-order valence-corrected chi connectivity index (χ1v) is 7.14. The number of halogens is 1. The maximum absolute atomic E-state index is 11.3. The first-order chi connectivity index (χ1) is 9.58. The van der Waals surface area contributed by atoms with E-state index in [2.05, 4.69) is 15.9 Å². The van der Waals surface area contributed by atoms with Gasteiger partial charge in [-0.1, -0.05) is 13.0 Å².